The van der Waals surface area contributed by atoms with Crippen LogP contribution in [0.3, 0.4) is 0 Å². The smallest absolute Gasteiger partial charge is 0.224 e. The molecule has 2 aromatic rings. The monoisotopic (exact) mass is 312 g/mol. The summed E-state index contributed by atoms with van der Waals surface area (Å²) < 4.78 is 5.70. The first kappa shape index (κ1) is 16.5. The summed E-state index contributed by atoms with van der Waals surface area (Å²) in [7, 11) is 0. The average Bonchev–Trinajstić information content (AvgIpc) is 2.51. The minimum atomic E-state index is -1.14. The second kappa shape index (κ2) is 7.98. The van der Waals surface area contributed by atoms with Crippen LogP contribution in [0.5, 0.6) is 11.5 Å². The summed E-state index contributed by atoms with van der Waals surface area (Å²) in [5.41, 5.74) is 1.80. The molecule has 5 nitrogen and oxygen atoms in total. The fraction of sp³-hybridized carbons (Fsp3) is 0.222. The predicted molar refractivity (Wildman–Crippen MR) is 85.2 cm³/mol. The van der Waals surface area contributed by atoms with Crippen molar-refractivity contribution in [2.75, 3.05) is 5.32 Å². The van der Waals surface area contributed by atoms with Crippen molar-refractivity contribution in [2.45, 2.75) is 26.2 Å². The number of amides is 1. The van der Waals surface area contributed by atoms with E-state index in [1.165, 1.54) is 0 Å². The van der Waals surface area contributed by atoms with Crippen LogP contribution in [0.1, 0.15) is 24.8 Å². The number of aliphatic carboxylic acids is 1. The molecule has 120 valence electrons. The Bertz CT molecular complexity index is 662. The largest absolute Gasteiger partial charge is 0.550 e. The first-order chi connectivity index (χ1) is 11.0. The quantitative estimate of drug-likeness (QED) is 0.852. The maximum Gasteiger partial charge on any atom is 0.224 e. The first-order valence-electron chi connectivity index (χ1n) is 7.37. The Morgan fingerprint density at radius 1 is 0.957 bits per heavy atom. The molecule has 1 N–H and O–H groups in total. The third-order valence-electron chi connectivity index (χ3n) is 3.18. The number of carboxylic acids is 1. The number of ether oxygens (including phenoxy) is 1. The fourth-order valence-electron chi connectivity index (χ4n) is 1.97. The molecule has 2 rings (SSSR count). The Morgan fingerprint density at radius 3 is 2.09 bits per heavy atom. The molecule has 0 fully saturated rings. The molecule has 2 aromatic carbocycles. The molecule has 0 aliphatic rings. The molecule has 0 spiro atoms. The third-order valence-corrected chi connectivity index (χ3v) is 3.18. The summed E-state index contributed by atoms with van der Waals surface area (Å²) >= 11 is 0. The van der Waals surface area contributed by atoms with Gasteiger partial charge < -0.3 is 20.0 Å². The molecule has 0 bridgehead atoms. The summed E-state index contributed by atoms with van der Waals surface area (Å²) in [5.74, 6) is 0.0485. The van der Waals surface area contributed by atoms with Crippen LogP contribution < -0.4 is 15.2 Å². The van der Waals surface area contributed by atoms with Gasteiger partial charge in [-0.15, -0.1) is 0 Å². The molecule has 0 saturated carbocycles. The van der Waals surface area contributed by atoms with E-state index >= 15 is 0 Å². The summed E-state index contributed by atoms with van der Waals surface area (Å²) in [4.78, 5) is 21.9. The second-order valence-corrected chi connectivity index (χ2v) is 5.21. The van der Waals surface area contributed by atoms with Gasteiger partial charge in [-0.3, -0.25) is 4.79 Å². The molecule has 0 aliphatic heterocycles. The van der Waals surface area contributed by atoms with Crippen molar-refractivity contribution in [1.82, 2.24) is 0 Å². The van der Waals surface area contributed by atoms with Gasteiger partial charge in [-0.05, 0) is 56.2 Å². The van der Waals surface area contributed by atoms with E-state index in [9.17, 15) is 14.7 Å². The predicted octanol–water partition coefficient (Wildman–Crippen LogP) is 2.65. The van der Waals surface area contributed by atoms with Crippen LogP contribution in [0.2, 0.25) is 0 Å². The highest BCUT2D eigenvalue weighted by Crippen LogP contribution is 2.23. The van der Waals surface area contributed by atoms with Crippen molar-refractivity contribution in [2.24, 2.45) is 0 Å². The van der Waals surface area contributed by atoms with Crippen molar-refractivity contribution in [3.8, 4) is 11.5 Å². The highest BCUT2D eigenvalue weighted by atomic mass is 16.5. The average molecular weight is 312 g/mol. The maximum atomic E-state index is 11.6. The number of carbonyl (C=O) groups is 2. The highest BCUT2D eigenvalue weighted by Gasteiger charge is 2.03. The van der Waals surface area contributed by atoms with Gasteiger partial charge in [-0.2, -0.15) is 0 Å². The van der Waals surface area contributed by atoms with E-state index in [1.807, 2.05) is 31.2 Å². The van der Waals surface area contributed by atoms with Gasteiger partial charge in [0.2, 0.25) is 5.91 Å². The zero-order valence-electron chi connectivity index (χ0n) is 12.9. The molecule has 23 heavy (non-hydrogen) atoms. The Morgan fingerprint density at radius 2 is 1.52 bits per heavy atom. The lowest BCUT2D eigenvalue weighted by Gasteiger charge is -2.08. The molecule has 5 heteroatoms. The standard InChI is InChI=1S/C18H19NO4/c1-13-5-9-15(10-6-13)23-16-11-7-14(8-12-16)19-17(20)3-2-4-18(21)22/h5-12H,2-4H2,1H3,(H,19,20)(H,21,22)/p-1. The van der Waals surface area contributed by atoms with Crippen LogP contribution >= 0.6 is 0 Å². The number of nitrogens with one attached hydrogen (secondary N) is 1. The number of aryl methyl sites for hydroxylation is 1. The van der Waals surface area contributed by atoms with Crippen molar-refractivity contribution >= 4 is 17.6 Å². The Balaban J connectivity index is 1.85. The lowest BCUT2D eigenvalue weighted by atomic mass is 10.2. The zero-order chi connectivity index (χ0) is 16.7. The molecule has 0 aromatic heterocycles. The van der Waals surface area contributed by atoms with E-state index < -0.39 is 5.97 Å². The molecule has 0 radical (unpaired) electrons. The van der Waals surface area contributed by atoms with Crippen molar-refractivity contribution in [1.29, 1.82) is 0 Å². The van der Waals surface area contributed by atoms with Crippen LogP contribution in [-0.2, 0) is 9.59 Å². The SMILES string of the molecule is Cc1ccc(Oc2ccc(NC(=O)CCCC(=O)[O-])cc2)cc1. The summed E-state index contributed by atoms with van der Waals surface area (Å²) in [6.07, 6.45) is 0.301. The van der Waals surface area contributed by atoms with Gasteiger partial charge in [-0.25, -0.2) is 0 Å². The molecular weight excluding hydrogens is 294 g/mol. The van der Waals surface area contributed by atoms with Gasteiger partial charge >= 0.3 is 0 Å². The van der Waals surface area contributed by atoms with Gasteiger partial charge in [0.1, 0.15) is 11.5 Å². The van der Waals surface area contributed by atoms with Gasteiger partial charge in [-0.1, -0.05) is 17.7 Å². The summed E-state index contributed by atoms with van der Waals surface area (Å²) in [6.45, 7) is 2.01. The molecule has 1 amide bonds. The number of anilines is 1. The third kappa shape index (κ3) is 5.82. The number of carbonyl (C=O) groups excluding carboxylic acids is 2. The normalized spacial score (nSPS) is 10.1. The van der Waals surface area contributed by atoms with Gasteiger partial charge in [0.25, 0.3) is 0 Å². The van der Waals surface area contributed by atoms with Crippen LogP contribution in [0.4, 0.5) is 5.69 Å². The number of rotatable bonds is 7. The Labute approximate surface area is 134 Å². The molecule has 0 atom stereocenters. The highest BCUT2D eigenvalue weighted by molar-refractivity contribution is 5.90. The zero-order valence-corrected chi connectivity index (χ0v) is 12.9. The van der Waals surface area contributed by atoms with Crippen LogP contribution in [0.25, 0.3) is 0 Å². The molecule has 0 aliphatic carbocycles. The minimum absolute atomic E-state index is 0.114. The minimum Gasteiger partial charge on any atom is -0.550 e. The van der Waals surface area contributed by atoms with E-state index in [2.05, 4.69) is 5.32 Å². The lowest BCUT2D eigenvalue weighted by molar-refractivity contribution is -0.305. The van der Waals surface area contributed by atoms with E-state index in [1.54, 1.807) is 24.3 Å². The molecule has 0 saturated heterocycles. The van der Waals surface area contributed by atoms with E-state index in [0.29, 0.717) is 11.4 Å². The van der Waals surface area contributed by atoms with Crippen LogP contribution in [0, 0.1) is 6.92 Å². The van der Waals surface area contributed by atoms with E-state index in [4.69, 9.17) is 4.74 Å². The topological polar surface area (TPSA) is 78.5 Å². The summed E-state index contributed by atoms with van der Waals surface area (Å²) in [6, 6.07) is 14.7. The van der Waals surface area contributed by atoms with Gasteiger partial charge in [0.05, 0.1) is 0 Å². The van der Waals surface area contributed by atoms with Crippen LogP contribution in [0.15, 0.2) is 48.5 Å². The molecular formula is C18H18NO4-. The van der Waals surface area contributed by atoms with Crippen molar-refractivity contribution in [3.63, 3.8) is 0 Å². The second-order valence-electron chi connectivity index (χ2n) is 5.21. The maximum absolute atomic E-state index is 11.6. The van der Waals surface area contributed by atoms with Crippen LogP contribution in [-0.4, -0.2) is 11.9 Å². The number of carboxylic acid groups (broad SMARTS) is 1. The van der Waals surface area contributed by atoms with E-state index in [0.717, 1.165) is 11.3 Å². The molecule has 0 unspecified atom stereocenters. The number of hydrogen-bond donors (Lipinski definition) is 1. The fourth-order valence-corrected chi connectivity index (χ4v) is 1.97. The molecule has 0 heterocycles. The summed E-state index contributed by atoms with van der Waals surface area (Å²) in [5, 5.41) is 13.0. The Hall–Kier alpha value is -2.82. The number of hydrogen-bond acceptors (Lipinski definition) is 4. The number of benzene rings is 2. The lowest BCUT2D eigenvalue weighted by Crippen LogP contribution is -2.22. The van der Waals surface area contributed by atoms with Gasteiger partial charge in [0, 0.05) is 18.1 Å². The van der Waals surface area contributed by atoms with Crippen molar-refractivity contribution < 1.29 is 19.4 Å². The first-order valence-corrected chi connectivity index (χ1v) is 7.37. The van der Waals surface area contributed by atoms with Crippen molar-refractivity contribution in [3.05, 3.63) is 54.1 Å². The Kier molecular flexibility index (Phi) is 5.74. The van der Waals surface area contributed by atoms with E-state index in [-0.39, 0.29) is 25.2 Å². The van der Waals surface area contributed by atoms with Gasteiger partial charge in [0.15, 0.2) is 0 Å².